The predicted molar refractivity (Wildman–Crippen MR) is 230 cm³/mol. The summed E-state index contributed by atoms with van der Waals surface area (Å²) in [6.07, 6.45) is -0.683. The summed E-state index contributed by atoms with van der Waals surface area (Å²) in [6, 6.07) is 18.5. The minimum Gasteiger partial charge on any atom is -0.388 e. The molecule has 65 heavy (non-hydrogen) atoms. The Morgan fingerprint density at radius 1 is 0.692 bits per heavy atom. The van der Waals surface area contributed by atoms with Crippen LogP contribution in [0.15, 0.2) is 73.1 Å². The van der Waals surface area contributed by atoms with Crippen LogP contribution in [0.1, 0.15) is 58.9 Å². The zero-order chi connectivity index (χ0) is 49.8. The van der Waals surface area contributed by atoms with E-state index in [9.17, 15) is 39.1 Å². The van der Waals surface area contributed by atoms with Crippen LogP contribution in [0, 0.1) is 34.3 Å². The van der Waals surface area contributed by atoms with Gasteiger partial charge in [-0.1, -0.05) is 19.6 Å². The zero-order valence-electron chi connectivity index (χ0n) is 39.2. The van der Waals surface area contributed by atoms with Crippen LogP contribution in [-0.2, 0) is 22.6 Å². The van der Waals surface area contributed by atoms with Gasteiger partial charge in [-0.2, -0.15) is 20.7 Å². The molecule has 0 aliphatic carbocycles. The number of anilines is 2. The van der Waals surface area contributed by atoms with Crippen LogP contribution in [0.4, 0.5) is 20.4 Å². The van der Waals surface area contributed by atoms with E-state index in [2.05, 4.69) is 30.8 Å². The Balaban J connectivity index is 0.000000188. The summed E-state index contributed by atoms with van der Waals surface area (Å²) < 4.78 is 85.8. The first-order valence-electron chi connectivity index (χ1n) is 22.6. The van der Waals surface area contributed by atoms with Crippen LogP contribution >= 0.6 is 0 Å². The number of pyridine rings is 2. The number of halogens is 2. The number of hydrogen-bond donors (Lipinski definition) is 4. The van der Waals surface area contributed by atoms with Gasteiger partial charge < -0.3 is 40.1 Å². The number of carbonyl (C=O) groups excluding carboxylic acids is 2. The van der Waals surface area contributed by atoms with Crippen LogP contribution in [-0.4, -0.2) is 116 Å². The second-order valence-corrected chi connectivity index (χ2v) is 15.1. The van der Waals surface area contributed by atoms with Gasteiger partial charge in [0.1, 0.15) is 23.8 Å². The van der Waals surface area contributed by atoms with Crippen LogP contribution in [0.25, 0.3) is 33.9 Å². The van der Waals surface area contributed by atoms with Crippen LogP contribution in [0.3, 0.4) is 0 Å². The smallest absolute Gasteiger partial charge is 0.255 e. The maximum atomic E-state index is 14.7. The van der Waals surface area contributed by atoms with Crippen molar-refractivity contribution in [3.8, 4) is 46.0 Å². The van der Waals surface area contributed by atoms with Gasteiger partial charge in [0.2, 0.25) is 0 Å². The van der Waals surface area contributed by atoms with Gasteiger partial charge in [0.25, 0.3) is 11.8 Å². The molecule has 0 radical (unpaired) electrons. The lowest BCUT2D eigenvalue weighted by Gasteiger charge is -2.15. The fourth-order valence-corrected chi connectivity index (χ4v) is 8.15. The van der Waals surface area contributed by atoms with Crippen molar-refractivity contribution < 1.29 is 46.3 Å². The number of rotatable bonds is 8. The summed E-state index contributed by atoms with van der Waals surface area (Å²) in [4.78, 5) is 37.3. The number of aromatic nitrogens is 6. The predicted octanol–water partition coefficient (Wildman–Crippen LogP) is 3.40. The molecule has 2 saturated heterocycles. The Bertz CT molecular complexity index is 2950. The first kappa shape index (κ1) is 36.8. The summed E-state index contributed by atoms with van der Waals surface area (Å²) in [5.41, 5.74) is 2.67. The molecule has 332 valence electrons. The number of β-amino-alcohol motifs (C(OH)–C–C–N with tert-alkyl or cyclic N) is 2. The number of nitriles is 2. The molecule has 18 nitrogen and oxygen atoms in total. The molecule has 4 aliphatic rings. The highest BCUT2D eigenvalue weighted by molar-refractivity contribution is 6.02. The Kier molecular flexibility index (Phi) is 10.1. The van der Waals surface area contributed by atoms with Crippen molar-refractivity contribution in [1.82, 2.24) is 40.2 Å². The number of aliphatic hydroxyl groups is 2. The number of methoxy groups -OCH3 is 2. The molecule has 4 N–H and O–H groups in total. The van der Waals surface area contributed by atoms with E-state index in [1.54, 1.807) is 34.3 Å². The third-order valence-corrected chi connectivity index (χ3v) is 11.3. The molecular formula is C45H42F2N12O6. The highest BCUT2D eigenvalue weighted by Gasteiger charge is 2.35. The molecule has 2 amide bonds. The van der Waals surface area contributed by atoms with Gasteiger partial charge in [-0.15, -0.1) is 0 Å². The third kappa shape index (κ3) is 8.00. The van der Waals surface area contributed by atoms with E-state index in [0.29, 0.717) is 34.4 Å². The van der Waals surface area contributed by atoms with Crippen molar-refractivity contribution in [2.45, 2.75) is 44.9 Å². The molecule has 2 aromatic carbocycles. The molecule has 4 aliphatic heterocycles. The van der Waals surface area contributed by atoms with Gasteiger partial charge in [-0.25, -0.2) is 28.1 Å². The van der Waals surface area contributed by atoms with E-state index in [4.69, 9.17) is 17.7 Å². The summed E-state index contributed by atoms with van der Waals surface area (Å²) in [5, 5.41) is 53.8. The van der Waals surface area contributed by atoms with E-state index in [-0.39, 0.29) is 103 Å². The lowest BCUT2D eigenvalue weighted by Crippen LogP contribution is -2.25. The van der Waals surface area contributed by atoms with Gasteiger partial charge in [0.05, 0.1) is 113 Å². The van der Waals surface area contributed by atoms with Gasteiger partial charge >= 0.3 is 0 Å². The van der Waals surface area contributed by atoms with Crippen molar-refractivity contribution in [3.63, 3.8) is 0 Å². The number of fused-ring (bicyclic) bond motifs is 2. The van der Waals surface area contributed by atoms with Crippen LogP contribution in [0.5, 0.6) is 0 Å². The third-order valence-electron chi connectivity index (χ3n) is 11.3. The number of carbonyl (C=O) groups is 2. The van der Waals surface area contributed by atoms with Gasteiger partial charge in [-0.3, -0.25) is 9.59 Å². The molecule has 0 spiro atoms. The van der Waals surface area contributed by atoms with E-state index in [0.717, 1.165) is 0 Å². The maximum absolute atomic E-state index is 14.7. The quantitative estimate of drug-likeness (QED) is 0.172. The van der Waals surface area contributed by atoms with Crippen molar-refractivity contribution in [2.24, 2.45) is 0 Å². The molecule has 4 aromatic heterocycles. The summed E-state index contributed by atoms with van der Waals surface area (Å²) >= 11 is 0. The first-order chi connectivity index (χ1) is 33.3. The molecule has 10 rings (SSSR count). The molecule has 6 aromatic rings. The number of ether oxygens (including phenoxy) is 2. The molecule has 0 unspecified atom stereocenters. The Labute approximate surface area is 379 Å². The van der Waals surface area contributed by atoms with E-state index < -0.39 is 50.1 Å². The Morgan fingerprint density at radius 2 is 1.12 bits per heavy atom. The van der Waals surface area contributed by atoms with Crippen LogP contribution < -0.4 is 20.4 Å². The zero-order valence-corrected chi connectivity index (χ0v) is 33.2. The lowest BCUT2D eigenvalue weighted by molar-refractivity contribution is 0.0217. The van der Waals surface area contributed by atoms with Crippen LogP contribution in [0.2, 0.25) is 0 Å². The first-order valence-corrected chi connectivity index (χ1v) is 19.6. The molecule has 20 heteroatoms. The van der Waals surface area contributed by atoms with Gasteiger partial charge in [0, 0.05) is 64.8 Å². The SMILES string of the molecule is C.[2H]C([2H])([2H])O[C@@H]1CN(c2ccn(-c3cc(-c4c(F)cccc4C#N)nc4c3C(=O)NC4)n2)C[C@@H]1O.[2H]C([2H])([2H])O[C@H]1CN(c2ccn(-c3cc(-c4c(F)cccc4C#N)nc4c3C(=O)NC4)n2)C[C@H]1O. The average Bonchev–Trinajstić information content (AvgIpc) is 4.19. The van der Waals surface area contributed by atoms with E-state index in [1.807, 2.05) is 12.1 Å². The second-order valence-electron chi connectivity index (χ2n) is 15.1. The summed E-state index contributed by atoms with van der Waals surface area (Å²) in [7, 11) is -5.28. The molecule has 8 heterocycles. The molecular weight excluding hydrogens is 843 g/mol. The van der Waals surface area contributed by atoms with E-state index in [1.165, 1.54) is 57.9 Å². The van der Waals surface area contributed by atoms with E-state index >= 15 is 0 Å². The number of hydrogen-bond acceptors (Lipinski definition) is 14. The standard InChI is InChI=1S/2C22H19FN6O3.CH4/c2*1-32-18-11-28(10-17(18)30)19-5-6-29(27-19)16-7-14(26-15-9-25-22(31)21(15)16)20-12(8-24)3-2-4-13(20)23;/h2*2-7,17-18,30H,9-11H2,1H3,(H,25,31);1H4/t2*17-,18+;/m10./s1/i2*1D3;. The number of nitrogens with zero attached hydrogens (tertiary/aromatic N) is 10. The fraction of sp³-hybridized carbons (Fsp3) is 0.289. The molecule has 0 bridgehead atoms. The minimum atomic E-state index is -2.64. The average molecular weight is 891 g/mol. The topological polar surface area (TPSA) is 233 Å². The minimum absolute atomic E-state index is 0. The highest BCUT2D eigenvalue weighted by atomic mass is 19.1. The Hall–Kier alpha value is -7.62. The number of benzene rings is 2. The fourth-order valence-electron chi connectivity index (χ4n) is 8.15. The molecule has 4 atom stereocenters. The normalized spacial score (nSPS) is 21.1. The monoisotopic (exact) mass is 890 g/mol. The van der Waals surface area contributed by atoms with Crippen molar-refractivity contribution in [2.75, 3.05) is 50.1 Å². The Morgan fingerprint density at radius 3 is 1.52 bits per heavy atom. The second kappa shape index (κ2) is 17.9. The maximum Gasteiger partial charge on any atom is 0.255 e. The number of nitrogens with one attached hydrogen (secondary N) is 2. The molecule has 2 fully saturated rings. The summed E-state index contributed by atoms with van der Waals surface area (Å²) in [5.74, 6) is -1.10. The number of amides is 2. The van der Waals surface area contributed by atoms with Gasteiger partial charge in [-0.05, 0) is 36.4 Å². The lowest BCUT2D eigenvalue weighted by atomic mass is 10.0. The van der Waals surface area contributed by atoms with Crippen molar-refractivity contribution in [3.05, 3.63) is 118 Å². The molecule has 0 saturated carbocycles. The highest BCUT2D eigenvalue weighted by Crippen LogP contribution is 2.34. The summed E-state index contributed by atoms with van der Waals surface area (Å²) in [6.45, 7) is 0.726. The number of aliphatic hydroxyl groups excluding tert-OH is 2. The largest absolute Gasteiger partial charge is 0.388 e. The van der Waals surface area contributed by atoms with Crippen molar-refractivity contribution >= 4 is 23.5 Å². The van der Waals surface area contributed by atoms with Crippen molar-refractivity contribution in [1.29, 1.82) is 10.5 Å². The van der Waals surface area contributed by atoms with Gasteiger partial charge in [0.15, 0.2) is 11.6 Å².